The summed E-state index contributed by atoms with van der Waals surface area (Å²) < 4.78 is 13.4. The summed E-state index contributed by atoms with van der Waals surface area (Å²) in [6, 6.07) is 25.0. The van der Waals surface area contributed by atoms with Gasteiger partial charge < -0.3 is 14.5 Å². The molecule has 0 saturated carbocycles. The first-order chi connectivity index (χ1) is 17.0. The molecule has 5 aromatic rings. The van der Waals surface area contributed by atoms with Crippen LogP contribution in [0.1, 0.15) is 33.3 Å². The Hall–Kier alpha value is -4.03. The molecular formula is C28H24ClN3O3. The number of ether oxygens (including phenoxy) is 1. The first kappa shape index (κ1) is 22.7. The predicted molar refractivity (Wildman–Crippen MR) is 137 cm³/mol. The van der Waals surface area contributed by atoms with Crippen molar-refractivity contribution >= 4 is 34.0 Å². The molecule has 1 amide bonds. The molecule has 176 valence electrons. The van der Waals surface area contributed by atoms with Crippen LogP contribution in [0.4, 0.5) is 5.69 Å². The van der Waals surface area contributed by atoms with Crippen molar-refractivity contribution in [3.05, 3.63) is 112 Å². The fourth-order valence-electron chi connectivity index (χ4n) is 3.98. The quantitative estimate of drug-likeness (QED) is 0.276. The summed E-state index contributed by atoms with van der Waals surface area (Å²) in [4.78, 5) is 12.9. The number of carbonyl (C=O) groups is 1. The lowest BCUT2D eigenvalue weighted by Crippen LogP contribution is -2.12. The lowest BCUT2D eigenvalue weighted by Gasteiger charge is -2.08. The summed E-state index contributed by atoms with van der Waals surface area (Å²) in [5.74, 6) is 1.17. The number of aromatic nitrogens is 2. The molecule has 0 unspecified atom stereocenters. The van der Waals surface area contributed by atoms with E-state index < -0.39 is 0 Å². The summed E-state index contributed by atoms with van der Waals surface area (Å²) >= 11 is 6.30. The maximum Gasteiger partial charge on any atom is 0.291 e. The Bertz CT molecular complexity index is 1520. The minimum atomic E-state index is -0.342. The molecule has 3 aromatic carbocycles. The highest BCUT2D eigenvalue weighted by Crippen LogP contribution is 2.25. The zero-order valence-corrected chi connectivity index (χ0v) is 20.2. The van der Waals surface area contributed by atoms with Gasteiger partial charge >= 0.3 is 0 Å². The fourth-order valence-corrected chi connectivity index (χ4v) is 4.18. The number of anilines is 1. The smallest absolute Gasteiger partial charge is 0.291 e. The highest BCUT2D eigenvalue weighted by Gasteiger charge is 2.18. The van der Waals surface area contributed by atoms with E-state index in [9.17, 15) is 4.79 Å². The van der Waals surface area contributed by atoms with Gasteiger partial charge in [0.05, 0.1) is 23.6 Å². The van der Waals surface area contributed by atoms with Crippen LogP contribution in [0.15, 0.2) is 83.3 Å². The number of rotatable bonds is 7. The van der Waals surface area contributed by atoms with Gasteiger partial charge in [0.1, 0.15) is 18.1 Å². The third kappa shape index (κ3) is 4.93. The largest absolute Gasteiger partial charge is 0.486 e. The van der Waals surface area contributed by atoms with E-state index in [1.165, 1.54) is 0 Å². The molecule has 5 rings (SSSR count). The Morgan fingerprint density at radius 1 is 1.00 bits per heavy atom. The van der Waals surface area contributed by atoms with E-state index >= 15 is 0 Å². The van der Waals surface area contributed by atoms with Crippen LogP contribution in [0.3, 0.4) is 0 Å². The lowest BCUT2D eigenvalue weighted by atomic mass is 10.1. The van der Waals surface area contributed by atoms with Gasteiger partial charge in [-0.2, -0.15) is 5.10 Å². The second-order valence-corrected chi connectivity index (χ2v) is 8.72. The minimum absolute atomic E-state index is 0.208. The van der Waals surface area contributed by atoms with Gasteiger partial charge in [-0.05, 0) is 60.5 Å². The number of furan rings is 1. The lowest BCUT2D eigenvalue weighted by molar-refractivity contribution is 0.0992. The molecule has 0 aliphatic carbocycles. The topological polar surface area (TPSA) is 69.3 Å². The molecule has 2 aromatic heterocycles. The maximum absolute atomic E-state index is 12.9. The zero-order valence-electron chi connectivity index (χ0n) is 19.4. The molecule has 0 saturated heterocycles. The van der Waals surface area contributed by atoms with Crippen molar-refractivity contribution < 1.29 is 13.9 Å². The highest BCUT2D eigenvalue weighted by molar-refractivity contribution is 6.31. The van der Waals surface area contributed by atoms with Gasteiger partial charge in [-0.3, -0.25) is 9.48 Å². The summed E-state index contributed by atoms with van der Waals surface area (Å²) in [5, 5.41) is 10.4. The number of fused-ring (bicyclic) bond motifs is 1. The summed E-state index contributed by atoms with van der Waals surface area (Å²) in [5.41, 5.74) is 3.17. The number of hydrogen-bond acceptors (Lipinski definition) is 4. The fraction of sp³-hybridized carbons (Fsp3) is 0.143. The Balaban J connectivity index is 1.25. The highest BCUT2D eigenvalue weighted by atomic mass is 35.5. The third-order valence-corrected chi connectivity index (χ3v) is 6.25. The van der Waals surface area contributed by atoms with Crippen molar-refractivity contribution in [2.75, 3.05) is 5.32 Å². The monoisotopic (exact) mass is 485 g/mol. The Morgan fingerprint density at radius 2 is 1.77 bits per heavy atom. The number of amides is 1. The number of halogens is 1. The number of nitrogens with one attached hydrogen (secondary N) is 1. The molecule has 7 heteroatoms. The van der Waals surface area contributed by atoms with Gasteiger partial charge in [-0.1, -0.05) is 60.1 Å². The molecule has 6 nitrogen and oxygen atoms in total. The molecule has 0 bridgehead atoms. The predicted octanol–water partition coefficient (Wildman–Crippen LogP) is 6.78. The SMILES string of the molecule is Cc1nn(Cc2ccccc2Cl)c(C)c1NC(=O)c1ccc(COc2ccc3ccccc3c2)o1. The third-order valence-electron chi connectivity index (χ3n) is 5.89. The Labute approximate surface area is 208 Å². The standard InChI is InChI=1S/C28H24ClN3O3/c1-18-27(19(2)32(31-18)16-22-9-5-6-10-25(22)29)30-28(33)26-14-13-24(35-26)17-34-23-12-11-20-7-3-4-8-21(20)15-23/h3-15H,16-17H2,1-2H3,(H,30,33). The van der Waals surface area contributed by atoms with Crippen LogP contribution >= 0.6 is 11.6 Å². The van der Waals surface area contributed by atoms with E-state index in [4.69, 9.17) is 20.8 Å². The van der Waals surface area contributed by atoms with Crippen molar-refractivity contribution in [2.45, 2.75) is 27.0 Å². The summed E-state index contributed by atoms with van der Waals surface area (Å²) in [7, 11) is 0. The van der Waals surface area contributed by atoms with Gasteiger partial charge in [0.15, 0.2) is 5.76 Å². The van der Waals surface area contributed by atoms with Crippen LogP contribution in [0, 0.1) is 13.8 Å². The van der Waals surface area contributed by atoms with Gasteiger partial charge in [0.2, 0.25) is 0 Å². The Morgan fingerprint density at radius 3 is 2.60 bits per heavy atom. The number of nitrogens with zero attached hydrogens (tertiary/aromatic N) is 2. The average molecular weight is 486 g/mol. The van der Waals surface area contributed by atoms with Crippen molar-refractivity contribution in [3.63, 3.8) is 0 Å². The second kappa shape index (κ2) is 9.68. The van der Waals surface area contributed by atoms with Crippen molar-refractivity contribution in [2.24, 2.45) is 0 Å². The van der Waals surface area contributed by atoms with Crippen LogP contribution in [-0.2, 0) is 13.2 Å². The Kier molecular flexibility index (Phi) is 6.29. The second-order valence-electron chi connectivity index (χ2n) is 8.31. The molecule has 0 aliphatic rings. The van der Waals surface area contributed by atoms with E-state index in [1.807, 2.05) is 79.2 Å². The van der Waals surface area contributed by atoms with Crippen LogP contribution in [0.5, 0.6) is 5.75 Å². The normalized spacial score (nSPS) is 11.1. The molecule has 0 atom stereocenters. The van der Waals surface area contributed by atoms with E-state index in [-0.39, 0.29) is 18.3 Å². The van der Waals surface area contributed by atoms with Gasteiger partial charge in [0.25, 0.3) is 5.91 Å². The van der Waals surface area contributed by atoms with E-state index in [0.29, 0.717) is 28.7 Å². The first-order valence-corrected chi connectivity index (χ1v) is 11.6. The molecule has 1 N–H and O–H groups in total. The van der Waals surface area contributed by atoms with Gasteiger partial charge in [-0.25, -0.2) is 0 Å². The summed E-state index contributed by atoms with van der Waals surface area (Å²) in [6.07, 6.45) is 0. The van der Waals surface area contributed by atoms with E-state index in [0.717, 1.165) is 27.8 Å². The van der Waals surface area contributed by atoms with Crippen LogP contribution < -0.4 is 10.1 Å². The molecule has 0 aliphatic heterocycles. The van der Waals surface area contributed by atoms with Crippen LogP contribution in [0.2, 0.25) is 5.02 Å². The molecular weight excluding hydrogens is 462 g/mol. The van der Waals surface area contributed by atoms with E-state index in [2.05, 4.69) is 16.5 Å². The van der Waals surface area contributed by atoms with Crippen molar-refractivity contribution in [1.29, 1.82) is 0 Å². The zero-order chi connectivity index (χ0) is 24.4. The van der Waals surface area contributed by atoms with Crippen molar-refractivity contribution in [3.8, 4) is 5.75 Å². The summed E-state index contributed by atoms with van der Waals surface area (Å²) in [6.45, 7) is 4.51. The molecule has 0 spiro atoms. The van der Waals surface area contributed by atoms with Crippen molar-refractivity contribution in [1.82, 2.24) is 9.78 Å². The number of benzene rings is 3. The molecule has 0 radical (unpaired) electrons. The van der Waals surface area contributed by atoms with E-state index in [1.54, 1.807) is 12.1 Å². The molecule has 35 heavy (non-hydrogen) atoms. The number of hydrogen-bond donors (Lipinski definition) is 1. The first-order valence-electron chi connectivity index (χ1n) is 11.3. The van der Waals surface area contributed by atoms with Gasteiger partial charge in [-0.15, -0.1) is 0 Å². The van der Waals surface area contributed by atoms with Gasteiger partial charge in [0, 0.05) is 5.02 Å². The maximum atomic E-state index is 12.9. The van der Waals surface area contributed by atoms with Crippen LogP contribution in [-0.4, -0.2) is 15.7 Å². The number of aryl methyl sites for hydroxylation is 1. The molecule has 2 heterocycles. The molecule has 0 fully saturated rings. The minimum Gasteiger partial charge on any atom is -0.486 e. The average Bonchev–Trinajstić information content (AvgIpc) is 3.44. The van der Waals surface area contributed by atoms with Crippen LogP contribution in [0.25, 0.3) is 10.8 Å². The number of carbonyl (C=O) groups excluding carboxylic acids is 1.